The maximum atomic E-state index is 11.5. The number of methoxy groups -OCH3 is 2. The largest absolute Gasteiger partial charge is 0.507 e. The maximum Gasteiger partial charge on any atom is 0.343 e. The van der Waals surface area contributed by atoms with Crippen LogP contribution in [0.15, 0.2) is 30.3 Å². The Hall–Kier alpha value is -2.89. The number of hydrogen-bond acceptors (Lipinski definition) is 5. The lowest BCUT2D eigenvalue weighted by Crippen LogP contribution is -2.06. The molecule has 0 heterocycles. The maximum absolute atomic E-state index is 11.5. The van der Waals surface area contributed by atoms with Crippen LogP contribution in [0.4, 0.5) is 0 Å². The summed E-state index contributed by atoms with van der Waals surface area (Å²) in [7, 11) is 3.28. The van der Waals surface area contributed by atoms with Crippen molar-refractivity contribution in [2.45, 2.75) is 51.9 Å². The molecule has 0 unspecified atom stereocenters. The molecule has 6 nitrogen and oxygen atoms in total. The van der Waals surface area contributed by atoms with Gasteiger partial charge in [-0.05, 0) is 48.9 Å². The number of aromatic hydroxyl groups is 1. The van der Waals surface area contributed by atoms with Crippen molar-refractivity contribution in [1.82, 2.24) is 0 Å². The number of para-hydroxylation sites is 1. The molecule has 2 aromatic rings. The molecule has 0 atom stereocenters. The lowest BCUT2D eigenvalue weighted by Gasteiger charge is -2.13. The van der Waals surface area contributed by atoms with Crippen LogP contribution in [0.25, 0.3) is 0 Å². The first-order valence-corrected chi connectivity index (χ1v) is 10.4. The Labute approximate surface area is 178 Å². The molecule has 30 heavy (non-hydrogen) atoms. The topological polar surface area (TPSA) is 85.2 Å². The highest BCUT2D eigenvalue weighted by Gasteiger charge is 2.19. The smallest absolute Gasteiger partial charge is 0.343 e. The van der Waals surface area contributed by atoms with Gasteiger partial charge in [-0.2, -0.15) is 0 Å². The van der Waals surface area contributed by atoms with E-state index in [0.717, 1.165) is 55.6 Å². The van der Waals surface area contributed by atoms with Crippen molar-refractivity contribution in [1.29, 1.82) is 0 Å². The van der Waals surface area contributed by atoms with Crippen LogP contribution in [0.5, 0.6) is 23.0 Å². The lowest BCUT2D eigenvalue weighted by molar-refractivity contribution is 0.0688. The average molecular weight is 417 g/mol. The van der Waals surface area contributed by atoms with Crippen LogP contribution in [-0.4, -0.2) is 37.0 Å². The molecule has 0 aliphatic heterocycles. The summed E-state index contributed by atoms with van der Waals surface area (Å²) in [6.45, 7) is 2.39. The molecule has 0 aliphatic carbocycles. The molecule has 164 valence electrons. The number of carboxylic acid groups (broad SMARTS) is 1. The Bertz CT molecular complexity index is 831. The van der Waals surface area contributed by atoms with E-state index < -0.39 is 5.97 Å². The predicted molar refractivity (Wildman–Crippen MR) is 116 cm³/mol. The molecule has 0 fully saturated rings. The summed E-state index contributed by atoms with van der Waals surface area (Å²) in [6, 6.07) is 9.28. The molecule has 0 aliphatic rings. The van der Waals surface area contributed by atoms with E-state index in [2.05, 4.69) is 0 Å². The Kier molecular flexibility index (Phi) is 9.32. The van der Waals surface area contributed by atoms with E-state index >= 15 is 0 Å². The number of ether oxygens (including phenoxy) is 3. The number of aromatic carboxylic acids is 1. The minimum Gasteiger partial charge on any atom is -0.507 e. The number of hydrogen-bond donors (Lipinski definition) is 2. The molecule has 2 rings (SSSR count). The van der Waals surface area contributed by atoms with Crippen LogP contribution in [0, 0.1) is 0 Å². The molecule has 0 bridgehead atoms. The molecular formula is C24H32O6. The first-order chi connectivity index (χ1) is 14.5. The van der Waals surface area contributed by atoms with Crippen molar-refractivity contribution in [3.8, 4) is 23.0 Å². The zero-order valence-corrected chi connectivity index (χ0v) is 18.1. The fourth-order valence-corrected chi connectivity index (χ4v) is 3.52. The van der Waals surface area contributed by atoms with E-state index in [1.165, 1.54) is 0 Å². The van der Waals surface area contributed by atoms with Gasteiger partial charge >= 0.3 is 5.97 Å². The van der Waals surface area contributed by atoms with E-state index in [0.29, 0.717) is 18.6 Å². The number of aryl methyl sites for hydroxylation is 2. The SMILES string of the molecule is CCCc1ccc(OCCCCCCc2cccc(OC)c2OC)c(C(=O)O)c1O. The zero-order chi connectivity index (χ0) is 21.9. The molecular weight excluding hydrogens is 384 g/mol. The van der Waals surface area contributed by atoms with E-state index in [1.807, 2.05) is 25.1 Å². The van der Waals surface area contributed by atoms with Gasteiger partial charge in [0.15, 0.2) is 11.5 Å². The standard InChI is InChI=1S/C24H32O6/c1-4-10-17-14-15-19(21(22(17)25)24(26)27)30-16-8-6-5-7-11-18-12-9-13-20(28-2)23(18)29-3/h9,12-15,25H,4-8,10-11,16H2,1-3H3,(H,26,27). The van der Waals surface area contributed by atoms with Crippen molar-refractivity contribution in [3.63, 3.8) is 0 Å². The highest BCUT2D eigenvalue weighted by atomic mass is 16.5. The summed E-state index contributed by atoms with van der Waals surface area (Å²) in [6.07, 6.45) is 6.17. The molecule has 0 saturated heterocycles. The van der Waals surface area contributed by atoms with Gasteiger partial charge in [0.05, 0.1) is 20.8 Å². The summed E-state index contributed by atoms with van der Waals surface area (Å²) in [5.74, 6) is 0.393. The van der Waals surface area contributed by atoms with Crippen molar-refractivity contribution in [2.24, 2.45) is 0 Å². The Morgan fingerprint density at radius 1 is 0.900 bits per heavy atom. The fraction of sp³-hybridized carbons (Fsp3) is 0.458. The Morgan fingerprint density at radius 2 is 1.67 bits per heavy atom. The van der Waals surface area contributed by atoms with Gasteiger partial charge in [-0.3, -0.25) is 0 Å². The van der Waals surface area contributed by atoms with Crippen LogP contribution in [-0.2, 0) is 12.8 Å². The van der Waals surface area contributed by atoms with Gasteiger partial charge in [0, 0.05) is 0 Å². The molecule has 2 N–H and O–H groups in total. The molecule has 0 saturated carbocycles. The van der Waals surface area contributed by atoms with E-state index in [-0.39, 0.29) is 17.1 Å². The highest BCUT2D eigenvalue weighted by molar-refractivity contribution is 5.94. The predicted octanol–water partition coefficient (Wildman–Crippen LogP) is 5.24. The van der Waals surface area contributed by atoms with Crippen molar-refractivity contribution >= 4 is 5.97 Å². The van der Waals surface area contributed by atoms with Crippen molar-refractivity contribution in [2.75, 3.05) is 20.8 Å². The summed E-state index contributed by atoms with van der Waals surface area (Å²) in [5, 5.41) is 19.7. The van der Waals surface area contributed by atoms with Crippen LogP contribution in [0.1, 0.15) is 60.5 Å². The van der Waals surface area contributed by atoms with Crippen molar-refractivity contribution in [3.05, 3.63) is 47.0 Å². The summed E-state index contributed by atoms with van der Waals surface area (Å²) < 4.78 is 16.5. The third-order valence-corrected chi connectivity index (χ3v) is 5.04. The number of phenols is 1. The van der Waals surface area contributed by atoms with Gasteiger partial charge in [0.25, 0.3) is 0 Å². The molecule has 0 amide bonds. The van der Waals surface area contributed by atoms with Crippen LogP contribution >= 0.6 is 0 Å². The number of unbranched alkanes of at least 4 members (excludes halogenated alkanes) is 3. The van der Waals surface area contributed by atoms with Gasteiger partial charge in [-0.1, -0.05) is 44.4 Å². The summed E-state index contributed by atoms with van der Waals surface area (Å²) in [5.41, 5.74) is 1.61. The van der Waals surface area contributed by atoms with Crippen LogP contribution < -0.4 is 14.2 Å². The quantitative estimate of drug-likeness (QED) is 0.434. The van der Waals surface area contributed by atoms with Gasteiger partial charge in [0.1, 0.15) is 17.1 Å². The Balaban J connectivity index is 1.80. The summed E-state index contributed by atoms with van der Waals surface area (Å²) >= 11 is 0. The summed E-state index contributed by atoms with van der Waals surface area (Å²) in [4.78, 5) is 11.5. The van der Waals surface area contributed by atoms with E-state index in [4.69, 9.17) is 14.2 Å². The van der Waals surface area contributed by atoms with Crippen LogP contribution in [0.2, 0.25) is 0 Å². The van der Waals surface area contributed by atoms with Gasteiger partial charge in [-0.15, -0.1) is 0 Å². The third kappa shape index (κ3) is 6.05. The Morgan fingerprint density at radius 3 is 2.33 bits per heavy atom. The second kappa shape index (κ2) is 12.0. The third-order valence-electron chi connectivity index (χ3n) is 5.04. The van der Waals surface area contributed by atoms with E-state index in [9.17, 15) is 15.0 Å². The molecule has 0 aromatic heterocycles. The number of carbonyl (C=O) groups is 1. The molecule has 2 aromatic carbocycles. The second-order valence-corrected chi connectivity index (χ2v) is 7.17. The van der Waals surface area contributed by atoms with Gasteiger partial charge in [-0.25, -0.2) is 4.79 Å². The van der Waals surface area contributed by atoms with Crippen LogP contribution in [0.3, 0.4) is 0 Å². The van der Waals surface area contributed by atoms with E-state index in [1.54, 1.807) is 26.4 Å². The lowest BCUT2D eigenvalue weighted by atomic mass is 10.0. The molecule has 6 heteroatoms. The van der Waals surface area contributed by atoms with Gasteiger partial charge in [0.2, 0.25) is 0 Å². The average Bonchev–Trinajstić information content (AvgIpc) is 2.74. The number of carboxylic acids is 1. The normalized spacial score (nSPS) is 10.6. The molecule has 0 spiro atoms. The zero-order valence-electron chi connectivity index (χ0n) is 18.1. The minimum atomic E-state index is -1.17. The number of benzene rings is 2. The van der Waals surface area contributed by atoms with Gasteiger partial charge < -0.3 is 24.4 Å². The monoisotopic (exact) mass is 416 g/mol. The first-order valence-electron chi connectivity index (χ1n) is 10.4. The highest BCUT2D eigenvalue weighted by Crippen LogP contribution is 2.33. The first kappa shape index (κ1) is 23.4. The second-order valence-electron chi connectivity index (χ2n) is 7.17. The number of rotatable bonds is 13. The molecule has 0 radical (unpaired) electrons. The minimum absolute atomic E-state index is 0.147. The van der Waals surface area contributed by atoms with Crippen molar-refractivity contribution < 1.29 is 29.2 Å². The fourth-order valence-electron chi connectivity index (χ4n) is 3.52.